The third-order valence-corrected chi connectivity index (χ3v) is 2.33. The second kappa shape index (κ2) is 7.25. The summed E-state index contributed by atoms with van der Waals surface area (Å²) in [4.78, 5) is 4.12. The van der Waals surface area contributed by atoms with Crippen LogP contribution in [-0.4, -0.2) is 17.6 Å². The van der Waals surface area contributed by atoms with E-state index in [0.717, 1.165) is 10.6 Å². The Bertz CT molecular complexity index is 217. The quantitative estimate of drug-likeness (QED) is 0.391. The smallest absolute Gasteiger partial charge is 0.103 e. The van der Waals surface area contributed by atoms with Crippen molar-refractivity contribution in [1.82, 2.24) is 0 Å². The van der Waals surface area contributed by atoms with E-state index in [2.05, 4.69) is 18.2 Å². The molecule has 0 atom stereocenters. The van der Waals surface area contributed by atoms with Gasteiger partial charge in [-0.2, -0.15) is 0 Å². The molecule has 0 bridgehead atoms. The molecular formula is C9H13NS2. The zero-order valence-corrected chi connectivity index (χ0v) is 9.04. The highest BCUT2D eigenvalue weighted by molar-refractivity contribution is 8.14. The summed E-state index contributed by atoms with van der Waals surface area (Å²) < 4.78 is 0. The fraction of sp³-hybridized carbons (Fsp3) is 0.222. The molecular weight excluding hydrogens is 186 g/mol. The van der Waals surface area contributed by atoms with E-state index in [1.165, 1.54) is 0 Å². The summed E-state index contributed by atoms with van der Waals surface area (Å²) in [5.74, 6) is 0. The van der Waals surface area contributed by atoms with Crippen LogP contribution in [0.5, 0.6) is 0 Å². The van der Waals surface area contributed by atoms with Crippen LogP contribution in [0.4, 0.5) is 0 Å². The molecule has 0 spiro atoms. The van der Waals surface area contributed by atoms with E-state index in [0.29, 0.717) is 0 Å². The van der Waals surface area contributed by atoms with Crippen molar-refractivity contribution in [3.8, 4) is 0 Å². The molecule has 0 rings (SSSR count). The van der Waals surface area contributed by atoms with Crippen molar-refractivity contribution in [1.29, 1.82) is 0 Å². The highest BCUT2D eigenvalue weighted by atomic mass is 32.2. The molecule has 0 aliphatic rings. The standard InChI is InChI=1S/C9H13NS2/c1-5-8(7-11-3)9(12-4)10-6-2/h5-7H,1-2H2,3-4H3/b8-7+,10-9?. The van der Waals surface area contributed by atoms with Crippen molar-refractivity contribution in [3.63, 3.8) is 0 Å². The average Bonchev–Trinajstić information content (AvgIpc) is 2.11. The maximum atomic E-state index is 4.12. The molecule has 0 aromatic carbocycles. The lowest BCUT2D eigenvalue weighted by molar-refractivity contribution is 1.60. The molecule has 0 saturated carbocycles. The van der Waals surface area contributed by atoms with Crippen LogP contribution >= 0.6 is 23.5 Å². The Kier molecular flexibility index (Phi) is 7.00. The fourth-order valence-electron chi connectivity index (χ4n) is 0.641. The van der Waals surface area contributed by atoms with E-state index in [1.807, 2.05) is 17.9 Å². The molecule has 0 fully saturated rings. The van der Waals surface area contributed by atoms with Crippen LogP contribution in [0, 0.1) is 0 Å². The van der Waals surface area contributed by atoms with Crippen molar-refractivity contribution < 1.29 is 0 Å². The first kappa shape index (κ1) is 11.6. The van der Waals surface area contributed by atoms with Gasteiger partial charge in [-0.05, 0) is 17.9 Å². The molecule has 0 aromatic rings. The predicted molar refractivity (Wildman–Crippen MR) is 62.9 cm³/mol. The number of thioether (sulfide) groups is 2. The van der Waals surface area contributed by atoms with Gasteiger partial charge in [0.1, 0.15) is 5.04 Å². The molecule has 0 radical (unpaired) electrons. The molecule has 0 heterocycles. The first-order valence-electron chi connectivity index (χ1n) is 3.38. The van der Waals surface area contributed by atoms with Crippen LogP contribution in [0.3, 0.4) is 0 Å². The van der Waals surface area contributed by atoms with Gasteiger partial charge in [-0.1, -0.05) is 19.2 Å². The molecule has 66 valence electrons. The van der Waals surface area contributed by atoms with Crippen molar-refractivity contribution in [2.24, 2.45) is 4.99 Å². The van der Waals surface area contributed by atoms with Gasteiger partial charge in [0.05, 0.1) is 0 Å². The van der Waals surface area contributed by atoms with Crippen LogP contribution < -0.4 is 0 Å². The van der Waals surface area contributed by atoms with Crippen LogP contribution in [0.25, 0.3) is 0 Å². The minimum Gasteiger partial charge on any atom is -0.250 e. The zero-order valence-electron chi connectivity index (χ0n) is 7.41. The van der Waals surface area contributed by atoms with Gasteiger partial charge in [-0.3, -0.25) is 0 Å². The van der Waals surface area contributed by atoms with Gasteiger partial charge < -0.3 is 0 Å². The Balaban J connectivity index is 4.67. The lowest BCUT2D eigenvalue weighted by atomic mass is 10.3. The van der Waals surface area contributed by atoms with Crippen molar-refractivity contribution in [3.05, 3.63) is 36.4 Å². The zero-order chi connectivity index (χ0) is 9.40. The summed E-state index contributed by atoms with van der Waals surface area (Å²) in [6, 6.07) is 0. The Labute approximate surface area is 82.7 Å². The van der Waals surface area contributed by atoms with Gasteiger partial charge in [0.25, 0.3) is 0 Å². The van der Waals surface area contributed by atoms with Crippen molar-refractivity contribution >= 4 is 28.6 Å². The molecule has 0 amide bonds. The van der Waals surface area contributed by atoms with E-state index in [-0.39, 0.29) is 0 Å². The predicted octanol–water partition coefficient (Wildman–Crippen LogP) is 3.32. The Morgan fingerprint density at radius 3 is 2.33 bits per heavy atom. The van der Waals surface area contributed by atoms with E-state index >= 15 is 0 Å². The number of hydrogen-bond acceptors (Lipinski definition) is 3. The molecule has 0 aliphatic heterocycles. The second-order valence-electron chi connectivity index (χ2n) is 1.83. The normalized spacial score (nSPS) is 12.8. The number of aliphatic imine (C=N–C) groups is 1. The Morgan fingerprint density at radius 1 is 1.33 bits per heavy atom. The van der Waals surface area contributed by atoms with Gasteiger partial charge in [-0.25, -0.2) is 4.99 Å². The van der Waals surface area contributed by atoms with Gasteiger partial charge in [0.2, 0.25) is 0 Å². The first-order valence-corrected chi connectivity index (χ1v) is 5.89. The number of nitrogens with zero attached hydrogens (tertiary/aromatic N) is 1. The monoisotopic (exact) mass is 199 g/mol. The maximum absolute atomic E-state index is 4.12. The molecule has 3 heteroatoms. The van der Waals surface area contributed by atoms with Gasteiger partial charge in [0.15, 0.2) is 0 Å². The fourth-order valence-corrected chi connectivity index (χ4v) is 1.74. The highest BCUT2D eigenvalue weighted by Gasteiger charge is 1.99. The number of rotatable bonds is 4. The van der Waals surface area contributed by atoms with Gasteiger partial charge in [-0.15, -0.1) is 23.5 Å². The summed E-state index contributed by atoms with van der Waals surface area (Å²) in [5, 5.41) is 2.97. The lowest BCUT2D eigenvalue weighted by Gasteiger charge is -2.01. The largest absolute Gasteiger partial charge is 0.250 e. The number of hydrogen-bond donors (Lipinski definition) is 0. The van der Waals surface area contributed by atoms with Crippen LogP contribution in [0.15, 0.2) is 41.4 Å². The number of allylic oxidation sites excluding steroid dienone is 1. The molecule has 1 nitrogen and oxygen atoms in total. The summed E-state index contributed by atoms with van der Waals surface area (Å²) in [6.07, 6.45) is 7.34. The second-order valence-corrected chi connectivity index (χ2v) is 3.34. The van der Waals surface area contributed by atoms with Crippen LogP contribution in [-0.2, 0) is 0 Å². The maximum Gasteiger partial charge on any atom is 0.103 e. The third kappa shape index (κ3) is 3.83. The molecule has 0 unspecified atom stereocenters. The SMILES string of the molecule is C=CN=C(SC)/C(C=C)=C/SC. The van der Waals surface area contributed by atoms with Crippen molar-refractivity contribution in [2.75, 3.05) is 12.5 Å². The van der Waals surface area contributed by atoms with E-state index in [9.17, 15) is 0 Å². The minimum absolute atomic E-state index is 0.953. The van der Waals surface area contributed by atoms with Crippen LogP contribution in [0.1, 0.15) is 0 Å². The van der Waals surface area contributed by atoms with Gasteiger partial charge >= 0.3 is 0 Å². The van der Waals surface area contributed by atoms with Crippen molar-refractivity contribution in [2.45, 2.75) is 0 Å². The summed E-state index contributed by atoms with van der Waals surface area (Å²) in [6.45, 7) is 7.28. The molecule has 12 heavy (non-hydrogen) atoms. The van der Waals surface area contributed by atoms with Gasteiger partial charge in [0, 0.05) is 11.8 Å². The van der Waals surface area contributed by atoms with E-state index < -0.39 is 0 Å². The molecule has 0 saturated heterocycles. The van der Waals surface area contributed by atoms with E-state index in [4.69, 9.17) is 0 Å². The Morgan fingerprint density at radius 2 is 2.00 bits per heavy atom. The minimum atomic E-state index is 0.953. The van der Waals surface area contributed by atoms with E-state index in [1.54, 1.807) is 35.8 Å². The Hall–Kier alpha value is -0.410. The summed E-state index contributed by atoms with van der Waals surface area (Å²) in [7, 11) is 0. The molecule has 0 N–H and O–H groups in total. The molecule has 0 aliphatic carbocycles. The molecule has 0 aromatic heterocycles. The average molecular weight is 199 g/mol. The first-order chi connectivity index (χ1) is 5.79. The summed E-state index contributed by atoms with van der Waals surface area (Å²) >= 11 is 3.24. The highest BCUT2D eigenvalue weighted by Crippen LogP contribution is 2.14. The van der Waals surface area contributed by atoms with Crippen LogP contribution in [0.2, 0.25) is 0 Å². The third-order valence-electron chi connectivity index (χ3n) is 1.11. The topological polar surface area (TPSA) is 12.4 Å². The summed E-state index contributed by atoms with van der Waals surface area (Å²) in [5.41, 5.74) is 1.05. The lowest BCUT2D eigenvalue weighted by Crippen LogP contribution is -1.92.